The molecule has 0 bridgehead atoms. The second-order valence-electron chi connectivity index (χ2n) is 2.54. The molecule has 7 heteroatoms. The van der Waals surface area contributed by atoms with E-state index in [-0.39, 0.29) is 16.9 Å². The molecule has 0 saturated carbocycles. The molecule has 1 rings (SSSR count). The van der Waals surface area contributed by atoms with Gasteiger partial charge in [0.1, 0.15) is 0 Å². The molecule has 0 radical (unpaired) electrons. The number of hydrogen-bond donors (Lipinski definition) is 2. The molecule has 6 nitrogen and oxygen atoms in total. The van der Waals surface area contributed by atoms with Gasteiger partial charge in [0, 0.05) is 14.1 Å². The molecule has 0 saturated heterocycles. The number of halogens is 1. The molecule has 1 heterocycles. The van der Waals surface area contributed by atoms with E-state index in [4.69, 9.17) is 22.7 Å². The first kappa shape index (κ1) is 9.66. The summed E-state index contributed by atoms with van der Waals surface area (Å²) in [5.41, 5.74) is 5.21. The van der Waals surface area contributed by atoms with E-state index in [1.54, 1.807) is 19.0 Å². The molecule has 0 aliphatic carbocycles. The Hall–Kier alpha value is -1.43. The monoisotopic (exact) mass is 200 g/mol. The lowest BCUT2D eigenvalue weighted by Gasteiger charge is -2.09. The fraction of sp³-hybridized carbons (Fsp3) is 0.333. The van der Waals surface area contributed by atoms with Crippen LogP contribution >= 0.6 is 11.6 Å². The van der Waals surface area contributed by atoms with Gasteiger partial charge >= 0.3 is 0 Å². The Labute approximate surface area is 80.3 Å². The van der Waals surface area contributed by atoms with Gasteiger partial charge in [-0.15, -0.1) is 0 Å². The van der Waals surface area contributed by atoms with E-state index in [1.807, 2.05) is 0 Å². The zero-order chi connectivity index (χ0) is 10.0. The summed E-state index contributed by atoms with van der Waals surface area (Å²) in [6.45, 7) is 0. The first-order valence-corrected chi connectivity index (χ1v) is 3.82. The molecule has 13 heavy (non-hydrogen) atoms. The van der Waals surface area contributed by atoms with Crippen LogP contribution in [0.15, 0.2) is 0 Å². The van der Waals surface area contributed by atoms with Gasteiger partial charge in [0.05, 0.1) is 0 Å². The highest BCUT2D eigenvalue weighted by Gasteiger charge is 2.07. The largest absolute Gasteiger partial charge is 0.381 e. The van der Waals surface area contributed by atoms with Gasteiger partial charge in [0.2, 0.25) is 17.1 Å². The van der Waals surface area contributed by atoms with E-state index in [1.165, 1.54) is 0 Å². The Morgan fingerprint density at radius 2 is 2.00 bits per heavy atom. The van der Waals surface area contributed by atoms with Crippen molar-refractivity contribution in [2.45, 2.75) is 0 Å². The minimum absolute atomic E-state index is 0.0314. The van der Waals surface area contributed by atoms with Gasteiger partial charge in [-0.1, -0.05) is 0 Å². The summed E-state index contributed by atoms with van der Waals surface area (Å²) in [5.74, 6) is 0.237. The molecular formula is C6H9ClN6. The molecule has 0 atom stereocenters. The van der Waals surface area contributed by atoms with Crippen molar-refractivity contribution in [2.24, 2.45) is 5.73 Å². The highest BCUT2D eigenvalue weighted by atomic mass is 35.5. The van der Waals surface area contributed by atoms with E-state index in [2.05, 4.69) is 15.0 Å². The van der Waals surface area contributed by atoms with Crippen molar-refractivity contribution in [2.75, 3.05) is 19.0 Å². The maximum absolute atomic E-state index is 7.12. The number of nitrogens with zero attached hydrogens (tertiary/aromatic N) is 4. The van der Waals surface area contributed by atoms with Crippen LogP contribution in [-0.2, 0) is 0 Å². The third-order valence-electron chi connectivity index (χ3n) is 1.24. The van der Waals surface area contributed by atoms with Crippen molar-refractivity contribution in [1.29, 1.82) is 5.41 Å². The van der Waals surface area contributed by atoms with Crippen molar-refractivity contribution in [3.63, 3.8) is 0 Å². The fourth-order valence-corrected chi connectivity index (χ4v) is 0.816. The lowest BCUT2D eigenvalue weighted by molar-refractivity contribution is 0.942. The number of nitrogens with one attached hydrogen (secondary N) is 1. The number of nitrogens with two attached hydrogens (primary N) is 1. The first-order chi connectivity index (χ1) is 6.00. The smallest absolute Gasteiger partial charge is 0.229 e. The Kier molecular flexibility index (Phi) is 2.62. The Balaban J connectivity index is 3.19. The molecule has 0 aromatic carbocycles. The molecule has 0 fully saturated rings. The fourth-order valence-electron chi connectivity index (χ4n) is 0.660. The van der Waals surface area contributed by atoms with Crippen LogP contribution in [0.5, 0.6) is 0 Å². The van der Waals surface area contributed by atoms with Gasteiger partial charge in [-0.25, -0.2) is 0 Å². The number of aromatic nitrogens is 3. The second-order valence-corrected chi connectivity index (χ2v) is 2.87. The van der Waals surface area contributed by atoms with E-state index < -0.39 is 0 Å². The summed E-state index contributed by atoms with van der Waals surface area (Å²) in [4.78, 5) is 13.1. The molecule has 1 aromatic rings. The molecular weight excluding hydrogens is 192 g/mol. The molecule has 0 unspecified atom stereocenters. The van der Waals surface area contributed by atoms with Crippen LogP contribution < -0.4 is 10.6 Å². The van der Waals surface area contributed by atoms with Crippen molar-refractivity contribution in [1.82, 2.24) is 15.0 Å². The summed E-state index contributed by atoms with van der Waals surface area (Å²) in [6.07, 6.45) is 0. The first-order valence-electron chi connectivity index (χ1n) is 3.44. The van der Waals surface area contributed by atoms with Crippen LogP contribution in [-0.4, -0.2) is 34.9 Å². The number of hydrogen-bond acceptors (Lipinski definition) is 5. The Bertz CT molecular complexity index is 336. The predicted octanol–water partition coefficient (Wildman–Crippen LogP) is -0.125. The quantitative estimate of drug-likeness (QED) is 0.513. The van der Waals surface area contributed by atoms with Crippen LogP contribution in [0.4, 0.5) is 5.95 Å². The summed E-state index contributed by atoms with van der Waals surface area (Å²) in [6, 6.07) is 0. The second kappa shape index (κ2) is 3.53. The van der Waals surface area contributed by atoms with Crippen molar-refractivity contribution in [3.8, 4) is 0 Å². The molecule has 0 amide bonds. The third kappa shape index (κ3) is 2.25. The minimum Gasteiger partial charge on any atom is -0.381 e. The Morgan fingerprint density at radius 3 is 2.46 bits per heavy atom. The van der Waals surface area contributed by atoms with E-state index >= 15 is 0 Å². The van der Waals surface area contributed by atoms with Crippen LogP contribution in [0.3, 0.4) is 0 Å². The van der Waals surface area contributed by atoms with Gasteiger partial charge < -0.3 is 10.6 Å². The van der Waals surface area contributed by atoms with Crippen LogP contribution in [0.2, 0.25) is 5.28 Å². The third-order valence-corrected chi connectivity index (χ3v) is 1.41. The molecule has 70 valence electrons. The zero-order valence-electron chi connectivity index (χ0n) is 7.24. The number of amidine groups is 1. The topological polar surface area (TPSA) is 91.8 Å². The van der Waals surface area contributed by atoms with Gasteiger partial charge in [-0.05, 0) is 11.6 Å². The van der Waals surface area contributed by atoms with Gasteiger partial charge in [-0.2, -0.15) is 15.0 Å². The lowest BCUT2D eigenvalue weighted by atomic mass is 10.5. The van der Waals surface area contributed by atoms with Crippen LogP contribution in [0.25, 0.3) is 0 Å². The van der Waals surface area contributed by atoms with E-state index in [0.29, 0.717) is 5.95 Å². The van der Waals surface area contributed by atoms with Gasteiger partial charge in [-0.3, -0.25) is 5.41 Å². The highest BCUT2D eigenvalue weighted by Crippen LogP contribution is 2.07. The summed E-state index contributed by atoms with van der Waals surface area (Å²) >= 11 is 5.60. The normalized spacial score (nSPS) is 9.77. The maximum Gasteiger partial charge on any atom is 0.229 e. The van der Waals surface area contributed by atoms with Crippen molar-refractivity contribution >= 4 is 23.4 Å². The van der Waals surface area contributed by atoms with E-state index in [0.717, 1.165) is 0 Å². The summed E-state index contributed by atoms with van der Waals surface area (Å²) < 4.78 is 0. The lowest BCUT2D eigenvalue weighted by Crippen LogP contribution is -2.20. The summed E-state index contributed by atoms with van der Waals surface area (Å²) in [5, 5.41) is 7.15. The van der Waals surface area contributed by atoms with Crippen LogP contribution in [0, 0.1) is 5.41 Å². The number of nitrogen functional groups attached to an aromatic ring is 1. The minimum atomic E-state index is -0.229. The maximum atomic E-state index is 7.12. The van der Waals surface area contributed by atoms with E-state index in [9.17, 15) is 0 Å². The molecule has 0 aliphatic rings. The SMILES string of the molecule is CN(C)c1nc(Cl)nc(C(=N)N)n1. The Morgan fingerprint density at radius 1 is 1.38 bits per heavy atom. The van der Waals surface area contributed by atoms with Crippen molar-refractivity contribution in [3.05, 3.63) is 11.1 Å². The zero-order valence-corrected chi connectivity index (χ0v) is 8.00. The number of rotatable bonds is 2. The molecule has 3 N–H and O–H groups in total. The summed E-state index contributed by atoms with van der Waals surface area (Å²) in [7, 11) is 3.52. The highest BCUT2D eigenvalue weighted by molar-refractivity contribution is 6.28. The van der Waals surface area contributed by atoms with Gasteiger partial charge in [0.15, 0.2) is 5.84 Å². The van der Waals surface area contributed by atoms with Crippen LogP contribution in [0.1, 0.15) is 5.82 Å². The number of anilines is 1. The molecule has 0 spiro atoms. The average Bonchev–Trinajstić information content (AvgIpc) is 2.03. The van der Waals surface area contributed by atoms with Gasteiger partial charge in [0.25, 0.3) is 0 Å². The standard InChI is InChI=1S/C6H9ClN6/c1-13(2)6-11-4(3(8)9)10-5(7)12-6/h1-2H3,(H3,8,9). The molecule has 1 aromatic heterocycles. The molecule has 0 aliphatic heterocycles. The van der Waals surface area contributed by atoms with Crippen molar-refractivity contribution < 1.29 is 0 Å². The average molecular weight is 201 g/mol. The predicted molar refractivity (Wildman–Crippen MR) is 50.2 cm³/mol.